The van der Waals surface area contributed by atoms with Crippen LogP contribution in [-0.2, 0) is 14.9 Å². The van der Waals surface area contributed by atoms with Crippen LogP contribution in [0.25, 0.3) is 0 Å². The summed E-state index contributed by atoms with van der Waals surface area (Å²) in [7, 11) is -3.91. The van der Waals surface area contributed by atoms with Gasteiger partial charge in [-0.05, 0) is 6.42 Å². The van der Waals surface area contributed by atoms with Gasteiger partial charge < -0.3 is 20.9 Å². The number of nitrogens with one attached hydrogen (secondary N) is 1. The number of nitrogens with two attached hydrogens (primary N) is 1. The Morgan fingerprint density at radius 3 is 2.69 bits per heavy atom. The van der Waals surface area contributed by atoms with Crippen molar-refractivity contribution in [2.45, 2.75) is 12.5 Å². The molecule has 0 rings (SSSR count). The van der Waals surface area contributed by atoms with E-state index in [0.717, 1.165) is 0 Å². The molecule has 0 heterocycles. The first-order valence-corrected chi connectivity index (χ1v) is 6.68. The van der Waals surface area contributed by atoms with Gasteiger partial charge in [0.2, 0.25) is 0 Å². The second-order valence-electron chi connectivity index (χ2n) is 3.36. The first-order valence-electron chi connectivity index (χ1n) is 5.07. The fourth-order valence-electron chi connectivity index (χ4n) is 0.992. The molecule has 0 fully saturated rings. The van der Waals surface area contributed by atoms with Crippen LogP contribution in [-0.4, -0.2) is 62.8 Å². The maximum absolute atomic E-state index is 10.3. The quantitative estimate of drug-likeness (QED) is 0.268. The van der Waals surface area contributed by atoms with Crippen LogP contribution < -0.4 is 11.1 Å². The van der Waals surface area contributed by atoms with Crippen molar-refractivity contribution in [2.24, 2.45) is 5.73 Å². The highest BCUT2D eigenvalue weighted by Gasteiger charge is 2.05. The van der Waals surface area contributed by atoms with E-state index in [0.29, 0.717) is 19.6 Å². The fourth-order valence-corrected chi connectivity index (χ4v) is 1.48. The number of aliphatic hydroxyl groups is 1. The van der Waals surface area contributed by atoms with Crippen LogP contribution in [0.3, 0.4) is 0 Å². The zero-order valence-corrected chi connectivity index (χ0v) is 9.95. The van der Waals surface area contributed by atoms with Crippen LogP contribution in [0.5, 0.6) is 0 Å². The summed E-state index contributed by atoms with van der Waals surface area (Å²) in [5.41, 5.74) is 5.24. The van der Waals surface area contributed by atoms with Gasteiger partial charge in [-0.3, -0.25) is 4.55 Å². The molecule has 0 aromatic heterocycles. The van der Waals surface area contributed by atoms with E-state index < -0.39 is 16.2 Å². The molecule has 8 heteroatoms. The standard InChI is InChI=1S/C8H20N2O5S/c9-2-3-10-6-8(11)7-15-4-1-5-16(12,13)14/h8,10-11H,1-7,9H2,(H,12,13,14). The van der Waals surface area contributed by atoms with Crippen LogP contribution in [0.15, 0.2) is 0 Å². The number of hydrogen-bond donors (Lipinski definition) is 4. The predicted molar refractivity (Wildman–Crippen MR) is 59.8 cm³/mol. The van der Waals surface area contributed by atoms with E-state index in [9.17, 15) is 13.5 Å². The normalized spacial score (nSPS) is 13.9. The monoisotopic (exact) mass is 256 g/mol. The molecule has 0 amide bonds. The lowest BCUT2D eigenvalue weighted by Gasteiger charge is -2.11. The highest BCUT2D eigenvalue weighted by Crippen LogP contribution is 1.91. The van der Waals surface area contributed by atoms with Crippen LogP contribution in [0.1, 0.15) is 6.42 Å². The van der Waals surface area contributed by atoms with E-state index in [1.807, 2.05) is 0 Å². The highest BCUT2D eigenvalue weighted by atomic mass is 32.2. The first kappa shape index (κ1) is 15.8. The van der Waals surface area contributed by atoms with Crippen LogP contribution in [0.2, 0.25) is 0 Å². The lowest BCUT2D eigenvalue weighted by atomic mass is 10.4. The number of rotatable bonds is 10. The molecular weight excluding hydrogens is 236 g/mol. The summed E-state index contributed by atoms with van der Waals surface area (Å²) in [5.74, 6) is -0.325. The molecule has 98 valence electrons. The minimum absolute atomic E-state index is 0.128. The number of aliphatic hydroxyl groups excluding tert-OH is 1. The molecule has 16 heavy (non-hydrogen) atoms. The van der Waals surface area contributed by atoms with Gasteiger partial charge in [-0.25, -0.2) is 0 Å². The molecule has 0 saturated carbocycles. The molecular formula is C8H20N2O5S. The zero-order valence-electron chi connectivity index (χ0n) is 9.13. The van der Waals surface area contributed by atoms with Gasteiger partial charge in [0.05, 0.1) is 18.5 Å². The first-order chi connectivity index (χ1) is 7.45. The second kappa shape index (κ2) is 8.85. The Balaban J connectivity index is 3.31. The Kier molecular flexibility index (Phi) is 8.71. The van der Waals surface area contributed by atoms with Crippen molar-refractivity contribution in [3.05, 3.63) is 0 Å². The largest absolute Gasteiger partial charge is 0.389 e. The van der Waals surface area contributed by atoms with Gasteiger partial charge in [0.1, 0.15) is 0 Å². The molecule has 0 bridgehead atoms. The van der Waals surface area contributed by atoms with E-state index >= 15 is 0 Å². The molecule has 0 aliphatic carbocycles. The van der Waals surface area contributed by atoms with Crippen molar-refractivity contribution in [1.29, 1.82) is 0 Å². The van der Waals surface area contributed by atoms with E-state index in [2.05, 4.69) is 5.32 Å². The van der Waals surface area contributed by atoms with Crippen molar-refractivity contribution < 1.29 is 22.8 Å². The van der Waals surface area contributed by atoms with Crippen molar-refractivity contribution in [1.82, 2.24) is 5.32 Å². The topological polar surface area (TPSA) is 122 Å². The van der Waals surface area contributed by atoms with E-state index in [1.165, 1.54) is 0 Å². The molecule has 1 atom stereocenters. The third-order valence-corrected chi connectivity index (χ3v) is 2.51. The lowest BCUT2D eigenvalue weighted by Crippen LogP contribution is -2.33. The summed E-state index contributed by atoms with van der Waals surface area (Å²) in [6.07, 6.45) is -0.431. The summed E-state index contributed by atoms with van der Waals surface area (Å²) >= 11 is 0. The Morgan fingerprint density at radius 1 is 1.44 bits per heavy atom. The fraction of sp³-hybridized carbons (Fsp3) is 1.00. The molecule has 1 unspecified atom stereocenters. The summed E-state index contributed by atoms with van der Waals surface area (Å²) < 4.78 is 34.1. The summed E-state index contributed by atoms with van der Waals surface area (Å²) in [6.45, 7) is 1.83. The summed E-state index contributed by atoms with van der Waals surface area (Å²) in [4.78, 5) is 0. The Bertz CT molecular complexity index is 257. The van der Waals surface area contributed by atoms with Gasteiger partial charge in [-0.2, -0.15) is 8.42 Å². The minimum atomic E-state index is -3.91. The average Bonchev–Trinajstić information content (AvgIpc) is 2.16. The van der Waals surface area contributed by atoms with Crippen LogP contribution in [0, 0.1) is 0 Å². The van der Waals surface area contributed by atoms with E-state index in [-0.39, 0.29) is 25.4 Å². The van der Waals surface area contributed by atoms with Gasteiger partial charge in [-0.1, -0.05) is 0 Å². The van der Waals surface area contributed by atoms with Crippen LogP contribution >= 0.6 is 0 Å². The third kappa shape index (κ3) is 11.8. The molecule has 5 N–H and O–H groups in total. The Morgan fingerprint density at radius 2 is 2.12 bits per heavy atom. The maximum Gasteiger partial charge on any atom is 0.264 e. The van der Waals surface area contributed by atoms with Crippen molar-refractivity contribution in [2.75, 3.05) is 38.6 Å². The molecule has 0 aliphatic heterocycles. The highest BCUT2D eigenvalue weighted by molar-refractivity contribution is 7.85. The molecule has 0 aliphatic rings. The van der Waals surface area contributed by atoms with Gasteiger partial charge >= 0.3 is 0 Å². The SMILES string of the molecule is NCCNCC(O)COCCCS(=O)(=O)O. The number of ether oxygens (including phenoxy) is 1. The molecule has 0 saturated heterocycles. The van der Waals surface area contributed by atoms with Crippen LogP contribution in [0.4, 0.5) is 0 Å². The lowest BCUT2D eigenvalue weighted by molar-refractivity contribution is 0.0377. The third-order valence-electron chi connectivity index (χ3n) is 1.70. The minimum Gasteiger partial charge on any atom is -0.389 e. The molecule has 7 nitrogen and oxygen atoms in total. The van der Waals surface area contributed by atoms with Gasteiger partial charge in [0.15, 0.2) is 0 Å². The molecule has 0 spiro atoms. The molecule has 0 aromatic rings. The van der Waals surface area contributed by atoms with Crippen molar-refractivity contribution >= 4 is 10.1 Å². The van der Waals surface area contributed by atoms with Gasteiger partial charge in [0.25, 0.3) is 10.1 Å². The predicted octanol–water partition coefficient (Wildman–Crippen LogP) is -1.81. The van der Waals surface area contributed by atoms with E-state index in [1.54, 1.807) is 0 Å². The zero-order chi connectivity index (χ0) is 12.4. The summed E-state index contributed by atoms with van der Waals surface area (Å²) in [5, 5.41) is 12.2. The summed E-state index contributed by atoms with van der Waals surface area (Å²) in [6, 6.07) is 0. The Hall–Kier alpha value is -0.250. The van der Waals surface area contributed by atoms with Gasteiger partial charge in [-0.15, -0.1) is 0 Å². The smallest absolute Gasteiger partial charge is 0.264 e. The molecule has 0 aromatic carbocycles. The second-order valence-corrected chi connectivity index (χ2v) is 4.93. The number of hydrogen-bond acceptors (Lipinski definition) is 6. The van der Waals surface area contributed by atoms with Crippen molar-refractivity contribution in [3.8, 4) is 0 Å². The molecule has 0 radical (unpaired) electrons. The van der Waals surface area contributed by atoms with Gasteiger partial charge in [0, 0.05) is 26.2 Å². The maximum atomic E-state index is 10.3. The average molecular weight is 256 g/mol. The van der Waals surface area contributed by atoms with E-state index in [4.69, 9.17) is 15.0 Å². The Labute approximate surface area is 95.7 Å². The van der Waals surface area contributed by atoms with Crippen molar-refractivity contribution in [3.63, 3.8) is 0 Å².